The van der Waals surface area contributed by atoms with Gasteiger partial charge in [0.1, 0.15) is 21.7 Å². The Kier molecular flexibility index (Phi) is 14.3. The minimum atomic E-state index is -1.24. The fraction of sp³-hybridized carbons (Fsp3) is 0.103. The number of hydrogen-bond acceptors (Lipinski definition) is 10. The molecule has 0 aliphatic carbocycles. The van der Waals surface area contributed by atoms with Crippen LogP contribution in [0.2, 0.25) is 0 Å². The number of carboxylic acids is 2. The van der Waals surface area contributed by atoms with Gasteiger partial charge in [0, 0.05) is 23.5 Å². The topological polar surface area (TPSA) is 217 Å². The van der Waals surface area contributed by atoms with E-state index in [2.05, 4.69) is 21.2 Å². The molecule has 0 saturated carbocycles. The monoisotopic (exact) mass is 672 g/mol. The molecule has 0 aliphatic heterocycles. The number of carboxylic acid groups (broad SMARTS) is 2. The number of para-hydroxylation sites is 1. The van der Waals surface area contributed by atoms with Crippen LogP contribution in [0.25, 0.3) is 0 Å². The van der Waals surface area contributed by atoms with E-state index in [0.717, 1.165) is 11.4 Å². The van der Waals surface area contributed by atoms with Crippen LogP contribution in [-0.4, -0.2) is 46.2 Å². The van der Waals surface area contributed by atoms with E-state index < -0.39 is 21.8 Å². The molecule has 4 aromatic rings. The van der Waals surface area contributed by atoms with Crippen LogP contribution in [0.3, 0.4) is 0 Å². The molecule has 0 unspecified atom stereocenters. The number of nitro groups is 2. The lowest BCUT2D eigenvalue weighted by atomic mass is 10.1. The number of benzene rings is 4. The zero-order valence-corrected chi connectivity index (χ0v) is 24.2. The van der Waals surface area contributed by atoms with Gasteiger partial charge in [-0.2, -0.15) is 0 Å². The van der Waals surface area contributed by atoms with Crippen LogP contribution in [0.1, 0.15) is 28.1 Å². The molecule has 4 rings (SSSR count). The normalized spacial score (nSPS) is 9.43. The zero-order valence-electron chi connectivity index (χ0n) is 22.6. The second-order valence-electron chi connectivity index (χ2n) is 8.09. The summed E-state index contributed by atoms with van der Waals surface area (Å²) in [7, 11) is 3.15. The molecular weight excluding hydrogens is 644 g/mol. The number of hydrogen-bond donors (Lipinski definition) is 4. The molecule has 0 spiro atoms. The van der Waals surface area contributed by atoms with Crippen molar-refractivity contribution in [3.63, 3.8) is 0 Å². The van der Waals surface area contributed by atoms with Crippen molar-refractivity contribution in [2.45, 2.75) is 7.43 Å². The Morgan fingerprint density at radius 2 is 1.18 bits per heavy atom. The van der Waals surface area contributed by atoms with Crippen molar-refractivity contribution in [3.05, 3.63) is 121 Å². The van der Waals surface area contributed by atoms with Crippen LogP contribution in [0.15, 0.2) is 89.4 Å². The highest BCUT2D eigenvalue weighted by atomic mass is 79.9. The van der Waals surface area contributed by atoms with Crippen LogP contribution >= 0.6 is 15.9 Å². The summed E-state index contributed by atoms with van der Waals surface area (Å²) in [4.78, 5) is 41.9. The van der Waals surface area contributed by atoms with E-state index in [1.54, 1.807) is 43.5 Å². The minimum absolute atomic E-state index is 0. The van der Waals surface area contributed by atoms with E-state index >= 15 is 0 Å². The van der Waals surface area contributed by atoms with E-state index in [1.165, 1.54) is 43.5 Å². The van der Waals surface area contributed by atoms with E-state index in [4.69, 9.17) is 25.4 Å². The smallest absolute Gasteiger partial charge is 0.338 e. The molecule has 0 amide bonds. The summed E-state index contributed by atoms with van der Waals surface area (Å²) in [6.07, 6.45) is 0. The summed E-state index contributed by atoms with van der Waals surface area (Å²) in [5, 5.41) is 42.0. The van der Waals surface area contributed by atoms with Crippen molar-refractivity contribution in [1.82, 2.24) is 0 Å². The fourth-order valence-corrected chi connectivity index (χ4v) is 3.83. The first kappa shape index (κ1) is 36.3. The van der Waals surface area contributed by atoms with Gasteiger partial charge in [0.2, 0.25) is 0 Å². The number of methoxy groups -OCH3 is 2. The highest BCUT2D eigenvalue weighted by molar-refractivity contribution is 9.10. The first-order valence-electron chi connectivity index (χ1n) is 11.9. The van der Waals surface area contributed by atoms with E-state index in [1.807, 2.05) is 12.1 Å². The van der Waals surface area contributed by atoms with Crippen molar-refractivity contribution in [2.24, 2.45) is 0 Å². The molecule has 0 aromatic heterocycles. The third-order valence-corrected chi connectivity index (χ3v) is 6.18. The molecule has 0 bridgehead atoms. The standard InChI is InChI=1S/C14H12N2O5.C7H4BrNO4.C7H9NO.CH4/c1-21-10-7-5-9(6-8-10)15-13-11(14(17)18)3-2-4-12(13)16(19)20;8-6-4(7(10)11)2-1-3-5(6)9(12)13;1-9-7-4-2-6(8)3-5-7;/h2-8,15H,1H3,(H,17,18);1-3H,(H,10,11);2-5H,8H2,1H3;1H4. The third kappa shape index (κ3) is 10.3. The largest absolute Gasteiger partial charge is 0.497 e. The number of halogens is 1. The lowest BCUT2D eigenvalue weighted by Crippen LogP contribution is -2.05. The number of anilines is 3. The van der Waals surface area contributed by atoms with Gasteiger partial charge in [-0.1, -0.05) is 19.6 Å². The van der Waals surface area contributed by atoms with Gasteiger partial charge in [0.15, 0.2) is 0 Å². The van der Waals surface area contributed by atoms with Gasteiger partial charge < -0.3 is 30.7 Å². The van der Waals surface area contributed by atoms with Gasteiger partial charge in [-0.05, 0) is 76.6 Å². The first-order valence-corrected chi connectivity index (χ1v) is 12.7. The highest BCUT2D eigenvalue weighted by Gasteiger charge is 2.21. The Hall–Kier alpha value is -5.70. The zero-order chi connectivity index (χ0) is 32.1. The summed E-state index contributed by atoms with van der Waals surface area (Å²) in [6, 6.07) is 21.6. The van der Waals surface area contributed by atoms with E-state index in [-0.39, 0.29) is 40.1 Å². The number of ether oxygens (including phenoxy) is 2. The summed E-state index contributed by atoms with van der Waals surface area (Å²) in [6.45, 7) is 0. The molecule has 0 atom stereocenters. The molecule has 0 aliphatic rings. The first-order chi connectivity index (χ1) is 20.4. The Balaban J connectivity index is 0.000000359. The van der Waals surface area contributed by atoms with E-state index in [0.29, 0.717) is 11.4 Å². The average molecular weight is 673 g/mol. The van der Waals surface area contributed by atoms with Crippen LogP contribution in [0, 0.1) is 20.2 Å². The van der Waals surface area contributed by atoms with Crippen LogP contribution in [0.4, 0.5) is 28.4 Å². The quantitative estimate of drug-likeness (QED) is 0.0843. The summed E-state index contributed by atoms with van der Waals surface area (Å²) in [5.41, 5.74) is 5.82. The SMILES string of the molecule is C.COc1ccc(N)cc1.COc1ccc(Nc2c(C(=O)O)cccc2[N+](=O)[O-])cc1.O=C(O)c1cccc([N+](=O)[O-])c1Br. The molecular formula is C29H29BrN4O10. The molecule has 0 fully saturated rings. The fourth-order valence-electron chi connectivity index (χ4n) is 3.25. The van der Waals surface area contributed by atoms with Crippen molar-refractivity contribution in [2.75, 3.05) is 25.3 Å². The molecule has 0 heterocycles. The van der Waals surface area contributed by atoms with Crippen LogP contribution in [0.5, 0.6) is 11.5 Å². The van der Waals surface area contributed by atoms with Crippen molar-refractivity contribution in [3.8, 4) is 11.5 Å². The number of carbonyl (C=O) groups is 2. The van der Waals surface area contributed by atoms with E-state index in [9.17, 15) is 29.8 Å². The minimum Gasteiger partial charge on any atom is -0.497 e. The molecule has 232 valence electrons. The molecule has 14 nitrogen and oxygen atoms in total. The number of nitrogens with two attached hydrogens (primary N) is 1. The maximum Gasteiger partial charge on any atom is 0.338 e. The number of nitrogens with one attached hydrogen (secondary N) is 1. The predicted octanol–water partition coefficient (Wildman–Crippen LogP) is 7.01. The number of nitrogens with zero attached hydrogens (tertiary/aromatic N) is 2. The van der Waals surface area contributed by atoms with Crippen LogP contribution < -0.4 is 20.5 Å². The lowest BCUT2D eigenvalue weighted by molar-refractivity contribution is -0.385. The van der Waals surface area contributed by atoms with Crippen molar-refractivity contribution in [1.29, 1.82) is 0 Å². The summed E-state index contributed by atoms with van der Waals surface area (Å²) < 4.78 is 9.92. The van der Waals surface area contributed by atoms with Gasteiger partial charge in [-0.25, -0.2) is 9.59 Å². The number of aromatic carboxylic acids is 2. The molecule has 0 saturated heterocycles. The Labute approximate surface area is 260 Å². The third-order valence-electron chi connectivity index (χ3n) is 5.35. The summed E-state index contributed by atoms with van der Waals surface area (Å²) >= 11 is 2.86. The van der Waals surface area contributed by atoms with Gasteiger partial charge in [-0.15, -0.1) is 0 Å². The lowest BCUT2D eigenvalue weighted by Gasteiger charge is -2.10. The number of nitrogen functional groups attached to an aromatic ring is 1. The van der Waals surface area contributed by atoms with Gasteiger partial charge in [-0.3, -0.25) is 20.2 Å². The van der Waals surface area contributed by atoms with Crippen molar-refractivity contribution >= 4 is 56.3 Å². The van der Waals surface area contributed by atoms with Crippen LogP contribution in [-0.2, 0) is 0 Å². The van der Waals surface area contributed by atoms with Gasteiger partial charge in [0.05, 0.1) is 35.2 Å². The maximum atomic E-state index is 11.2. The second kappa shape index (κ2) is 17.3. The number of nitro benzene ring substituents is 2. The molecule has 5 N–H and O–H groups in total. The van der Waals surface area contributed by atoms with Crippen molar-refractivity contribution < 1.29 is 39.1 Å². The summed E-state index contributed by atoms with van der Waals surface area (Å²) in [5.74, 6) is -0.976. The maximum absolute atomic E-state index is 11.2. The van der Waals surface area contributed by atoms with Gasteiger partial charge in [0.25, 0.3) is 11.4 Å². The second-order valence-corrected chi connectivity index (χ2v) is 8.88. The Morgan fingerprint density at radius 3 is 1.61 bits per heavy atom. The Bertz CT molecular complexity index is 1530. The molecule has 4 aromatic carbocycles. The average Bonchev–Trinajstić information content (AvgIpc) is 2.98. The Morgan fingerprint density at radius 1 is 0.750 bits per heavy atom. The van der Waals surface area contributed by atoms with Gasteiger partial charge >= 0.3 is 11.9 Å². The molecule has 0 radical (unpaired) electrons. The molecule has 15 heteroatoms. The number of rotatable bonds is 8. The molecule has 44 heavy (non-hydrogen) atoms. The predicted molar refractivity (Wildman–Crippen MR) is 168 cm³/mol. The highest BCUT2D eigenvalue weighted by Crippen LogP contribution is 2.32.